The third-order valence-corrected chi connectivity index (χ3v) is 5.21. The lowest BCUT2D eigenvalue weighted by Crippen LogP contribution is -2.44. The molecule has 0 radical (unpaired) electrons. The van der Waals surface area contributed by atoms with Crippen LogP contribution in [0.5, 0.6) is 5.75 Å². The molecule has 0 aromatic heterocycles. The highest BCUT2D eigenvalue weighted by Crippen LogP contribution is 2.26. The number of nitrogens with zero attached hydrogens (tertiary/aromatic N) is 1. The van der Waals surface area contributed by atoms with Crippen molar-refractivity contribution < 1.29 is 19.4 Å². The molecule has 28 heavy (non-hydrogen) atoms. The van der Waals surface area contributed by atoms with Gasteiger partial charge in [-0.05, 0) is 31.0 Å². The quantitative estimate of drug-likeness (QED) is 0.484. The summed E-state index contributed by atoms with van der Waals surface area (Å²) in [6.07, 6.45) is 7.73. The Morgan fingerprint density at radius 2 is 1.89 bits per heavy atom. The number of unbranched alkanes of at least 4 members (excludes halogenated alkanes) is 5. The smallest absolute Gasteiger partial charge is 0.304 e. The third-order valence-electron chi connectivity index (χ3n) is 5.21. The molecule has 1 aliphatic rings. The van der Waals surface area contributed by atoms with Crippen molar-refractivity contribution in [3.8, 4) is 5.75 Å². The maximum atomic E-state index is 10.9. The van der Waals surface area contributed by atoms with E-state index < -0.39 is 5.97 Å². The molecule has 0 saturated carbocycles. The molecule has 1 fully saturated rings. The first kappa shape index (κ1) is 24.7. The monoisotopic (exact) mass is 413 g/mol. The fraction of sp³-hybridized carbons (Fsp3) is 0.682. The Bertz CT molecular complexity index is 552. The molecule has 5 nitrogen and oxygen atoms in total. The number of hydrogen-bond acceptors (Lipinski definition) is 4. The van der Waals surface area contributed by atoms with Crippen LogP contribution in [-0.2, 0) is 9.53 Å². The van der Waals surface area contributed by atoms with Crippen molar-refractivity contribution in [1.82, 2.24) is 4.90 Å². The van der Waals surface area contributed by atoms with Gasteiger partial charge in [-0.3, -0.25) is 9.69 Å². The lowest BCUT2D eigenvalue weighted by Gasteiger charge is -2.36. The predicted molar refractivity (Wildman–Crippen MR) is 115 cm³/mol. The molecule has 1 N–H and O–H groups in total. The summed E-state index contributed by atoms with van der Waals surface area (Å²) < 4.78 is 11.7. The van der Waals surface area contributed by atoms with Crippen LogP contribution in [0.4, 0.5) is 0 Å². The first-order valence-corrected chi connectivity index (χ1v) is 10.4. The highest BCUT2D eigenvalue weighted by atomic mass is 35.5. The average Bonchev–Trinajstić information content (AvgIpc) is 2.67. The Labute approximate surface area is 175 Å². The van der Waals surface area contributed by atoms with E-state index in [9.17, 15) is 4.79 Å². The zero-order chi connectivity index (χ0) is 19.5. The normalized spacial score (nSPS) is 18.3. The number of benzene rings is 1. The molecule has 0 bridgehead atoms. The Morgan fingerprint density at radius 3 is 2.57 bits per heavy atom. The molecule has 2 atom stereocenters. The molecule has 0 amide bonds. The van der Waals surface area contributed by atoms with E-state index in [-0.39, 0.29) is 31.0 Å². The Balaban J connectivity index is 0.00000392. The van der Waals surface area contributed by atoms with Crippen LogP contribution in [0.25, 0.3) is 0 Å². The fourth-order valence-corrected chi connectivity index (χ4v) is 3.50. The van der Waals surface area contributed by atoms with Gasteiger partial charge < -0.3 is 14.6 Å². The van der Waals surface area contributed by atoms with Crippen molar-refractivity contribution in [1.29, 1.82) is 0 Å². The van der Waals surface area contributed by atoms with Gasteiger partial charge in [-0.2, -0.15) is 0 Å². The fourth-order valence-electron chi connectivity index (χ4n) is 3.50. The second-order valence-electron chi connectivity index (χ2n) is 7.49. The minimum atomic E-state index is -0.752. The van der Waals surface area contributed by atoms with E-state index in [0.29, 0.717) is 6.61 Å². The van der Waals surface area contributed by atoms with Crippen molar-refractivity contribution in [2.24, 2.45) is 0 Å². The molecular formula is C22H36ClNO4. The summed E-state index contributed by atoms with van der Waals surface area (Å²) in [5, 5.41) is 9.00. The molecular weight excluding hydrogens is 378 g/mol. The van der Waals surface area contributed by atoms with Crippen molar-refractivity contribution in [3.05, 3.63) is 29.8 Å². The minimum Gasteiger partial charge on any atom is -0.494 e. The average molecular weight is 414 g/mol. The van der Waals surface area contributed by atoms with Crippen molar-refractivity contribution in [3.63, 3.8) is 0 Å². The maximum Gasteiger partial charge on any atom is 0.304 e. The summed E-state index contributed by atoms with van der Waals surface area (Å²) >= 11 is 0. The number of rotatable bonds is 12. The van der Waals surface area contributed by atoms with E-state index >= 15 is 0 Å². The van der Waals surface area contributed by atoms with E-state index in [2.05, 4.69) is 24.0 Å². The van der Waals surface area contributed by atoms with Crippen LogP contribution in [0.15, 0.2) is 24.3 Å². The van der Waals surface area contributed by atoms with Crippen LogP contribution in [0, 0.1) is 0 Å². The number of morpholine rings is 1. The number of ether oxygens (including phenoxy) is 2. The van der Waals surface area contributed by atoms with Gasteiger partial charge in [0, 0.05) is 19.1 Å². The van der Waals surface area contributed by atoms with Gasteiger partial charge in [0.25, 0.3) is 0 Å². The van der Waals surface area contributed by atoms with Gasteiger partial charge in [0.2, 0.25) is 0 Å². The summed E-state index contributed by atoms with van der Waals surface area (Å²) in [6.45, 7) is 7.11. The van der Waals surface area contributed by atoms with Crippen molar-refractivity contribution in [2.45, 2.75) is 70.9 Å². The zero-order valence-electron chi connectivity index (χ0n) is 17.3. The molecule has 0 aliphatic carbocycles. The van der Waals surface area contributed by atoms with E-state index in [1.165, 1.54) is 32.1 Å². The minimum absolute atomic E-state index is 0. The van der Waals surface area contributed by atoms with Gasteiger partial charge >= 0.3 is 5.97 Å². The first-order valence-electron chi connectivity index (χ1n) is 10.4. The molecule has 160 valence electrons. The standard InChI is InChI=1S/C22H35NO4.ClH/c1-3-4-5-6-7-8-14-26-20-11-9-19(10-12-20)21-17-23(13-15-27-21)18(2)16-22(24)25;/h9-12,18,21H,3-8,13-17H2,1-2H3,(H,24,25);1H. The van der Waals surface area contributed by atoms with E-state index in [1.807, 2.05) is 19.1 Å². The predicted octanol–water partition coefficient (Wildman–Crippen LogP) is 5.08. The van der Waals surface area contributed by atoms with Crippen LogP contribution in [-0.4, -0.2) is 48.3 Å². The summed E-state index contributed by atoms with van der Waals surface area (Å²) in [5.74, 6) is 0.150. The molecule has 1 heterocycles. The number of aliphatic carboxylic acids is 1. The number of carboxylic acids is 1. The molecule has 1 saturated heterocycles. The van der Waals surface area contributed by atoms with Crippen LogP contribution in [0.2, 0.25) is 0 Å². The van der Waals surface area contributed by atoms with Gasteiger partial charge in [0.1, 0.15) is 5.75 Å². The topological polar surface area (TPSA) is 59.0 Å². The van der Waals surface area contributed by atoms with Gasteiger partial charge in [0.05, 0.1) is 25.7 Å². The number of carboxylic acid groups (broad SMARTS) is 1. The summed E-state index contributed by atoms with van der Waals surface area (Å²) in [6, 6.07) is 8.16. The molecule has 1 aromatic carbocycles. The van der Waals surface area contributed by atoms with Gasteiger partial charge in [-0.25, -0.2) is 0 Å². The lowest BCUT2D eigenvalue weighted by atomic mass is 10.1. The largest absolute Gasteiger partial charge is 0.494 e. The summed E-state index contributed by atoms with van der Waals surface area (Å²) in [4.78, 5) is 13.1. The van der Waals surface area contributed by atoms with Crippen molar-refractivity contribution in [2.75, 3.05) is 26.3 Å². The highest BCUT2D eigenvalue weighted by Gasteiger charge is 2.26. The van der Waals surface area contributed by atoms with E-state index in [0.717, 1.165) is 37.4 Å². The Hall–Kier alpha value is -1.30. The zero-order valence-corrected chi connectivity index (χ0v) is 18.1. The molecule has 1 aliphatic heterocycles. The van der Waals surface area contributed by atoms with Gasteiger partial charge in [0.15, 0.2) is 0 Å². The highest BCUT2D eigenvalue weighted by molar-refractivity contribution is 5.85. The molecule has 0 spiro atoms. The maximum absolute atomic E-state index is 10.9. The Kier molecular flexibility index (Phi) is 12.2. The second kappa shape index (κ2) is 13.8. The van der Waals surface area contributed by atoms with Crippen LogP contribution in [0.3, 0.4) is 0 Å². The molecule has 2 unspecified atom stereocenters. The Morgan fingerprint density at radius 1 is 1.21 bits per heavy atom. The SMILES string of the molecule is CCCCCCCCOc1ccc(C2CN(C(C)CC(=O)O)CCO2)cc1.Cl. The third kappa shape index (κ3) is 8.80. The number of carbonyl (C=O) groups is 1. The van der Waals surface area contributed by atoms with Gasteiger partial charge in [-0.15, -0.1) is 12.4 Å². The van der Waals surface area contributed by atoms with Crippen LogP contribution >= 0.6 is 12.4 Å². The van der Waals surface area contributed by atoms with E-state index in [4.69, 9.17) is 14.6 Å². The molecule has 6 heteroatoms. The number of hydrogen-bond donors (Lipinski definition) is 1. The van der Waals surface area contributed by atoms with Crippen LogP contribution < -0.4 is 4.74 Å². The van der Waals surface area contributed by atoms with Gasteiger partial charge in [-0.1, -0.05) is 51.2 Å². The summed E-state index contributed by atoms with van der Waals surface area (Å²) in [5.41, 5.74) is 1.12. The molecule has 1 aromatic rings. The summed E-state index contributed by atoms with van der Waals surface area (Å²) in [7, 11) is 0. The lowest BCUT2D eigenvalue weighted by molar-refractivity contribution is -0.139. The van der Waals surface area contributed by atoms with Crippen LogP contribution in [0.1, 0.15) is 70.5 Å². The van der Waals surface area contributed by atoms with E-state index in [1.54, 1.807) is 0 Å². The second-order valence-corrected chi connectivity index (χ2v) is 7.49. The molecule has 2 rings (SSSR count). The first-order chi connectivity index (χ1) is 13.1. The van der Waals surface area contributed by atoms with Crippen molar-refractivity contribution >= 4 is 18.4 Å². The number of halogens is 1.